The summed E-state index contributed by atoms with van der Waals surface area (Å²) in [7, 11) is 0. The Morgan fingerprint density at radius 3 is 2.42 bits per heavy atom. The Kier molecular flexibility index (Phi) is 3.36. The highest BCUT2D eigenvalue weighted by Crippen LogP contribution is 2.30. The predicted molar refractivity (Wildman–Crippen MR) is 95.5 cm³/mol. The van der Waals surface area contributed by atoms with E-state index in [0.29, 0.717) is 16.1 Å². The van der Waals surface area contributed by atoms with Gasteiger partial charge in [0.05, 0.1) is 5.39 Å². The van der Waals surface area contributed by atoms with E-state index in [9.17, 15) is 0 Å². The molecule has 0 aliphatic heterocycles. The van der Waals surface area contributed by atoms with Crippen LogP contribution in [0, 0.1) is 5.41 Å². The lowest BCUT2D eigenvalue weighted by molar-refractivity contribution is 0.862. The molecule has 3 N–H and O–H groups in total. The van der Waals surface area contributed by atoms with E-state index in [1.165, 1.54) is 11.0 Å². The monoisotopic (exact) mass is 335 g/mol. The first-order valence-corrected chi connectivity index (χ1v) is 7.76. The number of benzene rings is 2. The number of fused-ring (bicyclic) bond motifs is 1. The van der Waals surface area contributed by atoms with Crippen molar-refractivity contribution in [2.24, 2.45) is 0 Å². The van der Waals surface area contributed by atoms with Crippen LogP contribution in [0.4, 0.5) is 0 Å². The van der Waals surface area contributed by atoms with Crippen molar-refractivity contribution in [3.63, 3.8) is 0 Å². The molecule has 2 heterocycles. The van der Waals surface area contributed by atoms with Gasteiger partial charge < -0.3 is 10.4 Å². The average Bonchev–Trinajstić information content (AvgIpc) is 3.00. The summed E-state index contributed by atoms with van der Waals surface area (Å²) in [6, 6.07) is 17.4. The topological polar surface area (TPSA) is 72.6 Å². The van der Waals surface area contributed by atoms with Crippen molar-refractivity contribution in [3.8, 4) is 16.8 Å². The number of hydrogen-bond donors (Lipinski definition) is 2. The third-order valence-electron chi connectivity index (χ3n) is 3.97. The SMILES string of the molecule is N=c1c2c(-c3ccc(Cl)cc3)cn(-c3ccccc3)c2ncn1N. The van der Waals surface area contributed by atoms with Crippen molar-refractivity contribution in [2.75, 3.05) is 5.84 Å². The molecule has 2 aromatic carbocycles. The molecule has 0 amide bonds. The van der Waals surface area contributed by atoms with Crippen LogP contribution in [-0.4, -0.2) is 14.2 Å². The number of nitrogen functional groups attached to an aromatic ring is 1. The van der Waals surface area contributed by atoms with Gasteiger partial charge in [0.15, 0.2) is 11.1 Å². The van der Waals surface area contributed by atoms with Crippen LogP contribution < -0.4 is 11.3 Å². The highest BCUT2D eigenvalue weighted by atomic mass is 35.5. The van der Waals surface area contributed by atoms with Gasteiger partial charge in [-0.15, -0.1) is 0 Å². The Morgan fingerprint density at radius 1 is 1.00 bits per heavy atom. The Bertz CT molecular complexity index is 1080. The quantitative estimate of drug-likeness (QED) is 0.551. The summed E-state index contributed by atoms with van der Waals surface area (Å²) in [5, 5.41) is 9.73. The second-order valence-electron chi connectivity index (χ2n) is 5.45. The Morgan fingerprint density at radius 2 is 1.71 bits per heavy atom. The molecule has 5 nitrogen and oxygen atoms in total. The molecule has 0 saturated carbocycles. The second-order valence-corrected chi connectivity index (χ2v) is 5.89. The number of rotatable bonds is 2. The maximum absolute atomic E-state index is 8.36. The largest absolute Gasteiger partial charge is 0.336 e. The van der Waals surface area contributed by atoms with Crippen molar-refractivity contribution in [3.05, 3.63) is 77.6 Å². The maximum Gasteiger partial charge on any atom is 0.156 e. The molecule has 0 aliphatic rings. The molecule has 0 bridgehead atoms. The molecule has 4 aromatic rings. The van der Waals surface area contributed by atoms with Crippen molar-refractivity contribution in [2.45, 2.75) is 0 Å². The minimum atomic E-state index is 0.208. The van der Waals surface area contributed by atoms with Crippen molar-refractivity contribution < 1.29 is 0 Å². The molecule has 0 unspecified atom stereocenters. The third kappa shape index (κ3) is 2.26. The number of halogens is 1. The smallest absolute Gasteiger partial charge is 0.156 e. The summed E-state index contributed by atoms with van der Waals surface area (Å²) in [6.45, 7) is 0. The lowest BCUT2D eigenvalue weighted by atomic mass is 10.1. The van der Waals surface area contributed by atoms with Crippen LogP contribution in [-0.2, 0) is 0 Å². The van der Waals surface area contributed by atoms with Gasteiger partial charge in [-0.25, -0.2) is 9.66 Å². The lowest BCUT2D eigenvalue weighted by Gasteiger charge is -2.04. The first-order valence-electron chi connectivity index (χ1n) is 7.39. The van der Waals surface area contributed by atoms with Crippen LogP contribution in [0.3, 0.4) is 0 Å². The minimum Gasteiger partial charge on any atom is -0.336 e. The lowest BCUT2D eigenvalue weighted by Crippen LogP contribution is -2.27. The Hall–Kier alpha value is -3.05. The van der Waals surface area contributed by atoms with Gasteiger partial charge in [-0.05, 0) is 29.8 Å². The fourth-order valence-corrected chi connectivity index (χ4v) is 2.92. The molecule has 0 radical (unpaired) electrons. The molecule has 6 heteroatoms. The standard InChI is InChI=1S/C18H14ClN5/c19-13-8-6-12(7-9-13)15-10-23(14-4-2-1-3-5-14)18-16(15)17(20)24(21)11-22-18/h1-11,20H,21H2. The molecule has 0 fully saturated rings. The Labute approximate surface area is 143 Å². The fraction of sp³-hybridized carbons (Fsp3) is 0. The number of aromatic nitrogens is 3. The highest BCUT2D eigenvalue weighted by Gasteiger charge is 2.15. The zero-order valence-corrected chi connectivity index (χ0v) is 13.4. The summed E-state index contributed by atoms with van der Waals surface area (Å²) < 4.78 is 3.19. The molecular weight excluding hydrogens is 322 g/mol. The van der Waals surface area contributed by atoms with Gasteiger partial charge in [0.1, 0.15) is 6.33 Å². The Balaban J connectivity index is 2.08. The van der Waals surface area contributed by atoms with Crippen molar-refractivity contribution >= 4 is 22.6 Å². The van der Waals surface area contributed by atoms with Gasteiger partial charge in [0, 0.05) is 22.5 Å². The molecule has 24 heavy (non-hydrogen) atoms. The molecule has 2 aromatic heterocycles. The van der Waals surface area contributed by atoms with E-state index >= 15 is 0 Å². The van der Waals surface area contributed by atoms with Gasteiger partial charge in [-0.2, -0.15) is 0 Å². The van der Waals surface area contributed by atoms with Crippen LogP contribution in [0.1, 0.15) is 0 Å². The van der Waals surface area contributed by atoms with Crippen LogP contribution >= 0.6 is 11.6 Å². The van der Waals surface area contributed by atoms with Crippen LogP contribution in [0.15, 0.2) is 67.1 Å². The van der Waals surface area contributed by atoms with E-state index < -0.39 is 0 Å². The zero-order valence-electron chi connectivity index (χ0n) is 12.6. The van der Waals surface area contributed by atoms with E-state index in [1.807, 2.05) is 65.4 Å². The summed E-state index contributed by atoms with van der Waals surface area (Å²) in [6.07, 6.45) is 3.43. The van der Waals surface area contributed by atoms with Crippen LogP contribution in [0.25, 0.3) is 27.8 Å². The molecule has 0 spiro atoms. The number of hydrogen-bond acceptors (Lipinski definition) is 3. The first kappa shape index (κ1) is 14.5. The van der Waals surface area contributed by atoms with Crippen LogP contribution in [0.5, 0.6) is 0 Å². The molecule has 0 aliphatic carbocycles. The summed E-state index contributed by atoms with van der Waals surface area (Å²) in [5.41, 5.74) is 3.73. The van der Waals surface area contributed by atoms with Crippen LogP contribution in [0.2, 0.25) is 5.02 Å². The summed E-state index contributed by atoms with van der Waals surface area (Å²) in [5.74, 6) is 5.84. The molecular formula is C18H14ClN5. The van der Waals surface area contributed by atoms with E-state index in [0.717, 1.165) is 16.8 Å². The van der Waals surface area contributed by atoms with E-state index in [-0.39, 0.29) is 5.49 Å². The molecule has 0 atom stereocenters. The molecule has 0 saturated heterocycles. The number of para-hydroxylation sites is 1. The minimum absolute atomic E-state index is 0.208. The molecule has 118 valence electrons. The number of nitrogens with one attached hydrogen (secondary N) is 1. The van der Waals surface area contributed by atoms with E-state index in [4.69, 9.17) is 22.9 Å². The second kappa shape index (κ2) is 5.54. The fourth-order valence-electron chi connectivity index (χ4n) is 2.79. The van der Waals surface area contributed by atoms with Gasteiger partial charge in [0.2, 0.25) is 0 Å². The van der Waals surface area contributed by atoms with Gasteiger partial charge in [0.25, 0.3) is 0 Å². The highest BCUT2D eigenvalue weighted by molar-refractivity contribution is 6.30. The first-order chi connectivity index (χ1) is 11.6. The maximum atomic E-state index is 8.36. The summed E-state index contributed by atoms with van der Waals surface area (Å²) >= 11 is 6.00. The van der Waals surface area contributed by atoms with Crippen molar-refractivity contribution in [1.29, 1.82) is 5.41 Å². The van der Waals surface area contributed by atoms with E-state index in [2.05, 4.69) is 4.98 Å². The number of nitrogens with two attached hydrogens (primary N) is 1. The predicted octanol–water partition coefficient (Wildman–Crippen LogP) is 3.34. The van der Waals surface area contributed by atoms with Gasteiger partial charge in [-0.1, -0.05) is 41.9 Å². The van der Waals surface area contributed by atoms with Gasteiger partial charge >= 0.3 is 0 Å². The average molecular weight is 336 g/mol. The molecule has 4 rings (SSSR count). The third-order valence-corrected chi connectivity index (χ3v) is 4.22. The van der Waals surface area contributed by atoms with Crippen molar-refractivity contribution in [1.82, 2.24) is 14.2 Å². The summed E-state index contributed by atoms with van der Waals surface area (Å²) in [4.78, 5) is 4.44. The van der Waals surface area contributed by atoms with E-state index in [1.54, 1.807) is 0 Å². The normalized spacial score (nSPS) is 11.0. The zero-order chi connectivity index (χ0) is 16.7. The van der Waals surface area contributed by atoms with Gasteiger partial charge in [-0.3, -0.25) is 5.41 Å². The number of nitrogens with zero attached hydrogens (tertiary/aromatic N) is 3.